The predicted octanol–water partition coefficient (Wildman–Crippen LogP) is 2.30. The molecule has 19 heavy (non-hydrogen) atoms. The summed E-state index contributed by atoms with van der Waals surface area (Å²) in [5, 5.41) is 17.6. The highest BCUT2D eigenvalue weighted by Gasteiger charge is 2.30. The maximum absolute atomic E-state index is 12.4. The minimum atomic E-state index is -4.29. The van der Waals surface area contributed by atoms with Crippen LogP contribution >= 0.6 is 0 Å². The summed E-state index contributed by atoms with van der Waals surface area (Å²) < 4.78 is 37.3. The van der Waals surface area contributed by atoms with Gasteiger partial charge in [0, 0.05) is 19.7 Å². The van der Waals surface area contributed by atoms with Gasteiger partial charge in [0.15, 0.2) is 0 Å². The zero-order chi connectivity index (χ0) is 14.3. The number of benzene rings is 1. The maximum atomic E-state index is 12.4. The van der Waals surface area contributed by atoms with E-state index in [1.165, 1.54) is 4.90 Å². The molecule has 0 saturated carbocycles. The third-order valence-corrected chi connectivity index (χ3v) is 2.57. The van der Waals surface area contributed by atoms with Crippen molar-refractivity contribution in [3.63, 3.8) is 0 Å². The molecule has 1 aromatic carbocycles. The van der Waals surface area contributed by atoms with Gasteiger partial charge < -0.3 is 5.11 Å². The summed E-state index contributed by atoms with van der Waals surface area (Å²) in [4.78, 5) is 1.19. The van der Waals surface area contributed by atoms with Crippen LogP contribution in [-0.2, 0) is 6.54 Å². The Labute approximate surface area is 109 Å². The van der Waals surface area contributed by atoms with Gasteiger partial charge in [-0.3, -0.25) is 4.90 Å². The van der Waals surface area contributed by atoms with Gasteiger partial charge >= 0.3 is 6.18 Å². The highest BCUT2D eigenvalue weighted by atomic mass is 19.4. The predicted molar refractivity (Wildman–Crippen MR) is 64.2 cm³/mol. The van der Waals surface area contributed by atoms with Crippen molar-refractivity contribution in [3.8, 4) is 6.07 Å². The largest absolute Gasteiger partial charge is 0.401 e. The number of aliphatic hydroxyl groups is 1. The SMILES string of the molecule is N#Cc1ccccc1CN(CCCO)CC(F)(F)F. The second-order valence-electron chi connectivity index (χ2n) is 4.17. The van der Waals surface area contributed by atoms with Crippen molar-refractivity contribution in [3.05, 3.63) is 35.4 Å². The van der Waals surface area contributed by atoms with Crippen molar-refractivity contribution in [2.75, 3.05) is 19.7 Å². The van der Waals surface area contributed by atoms with Crippen molar-refractivity contribution >= 4 is 0 Å². The molecular formula is C13H15F3N2O. The number of aliphatic hydroxyl groups excluding tert-OH is 1. The number of hydrogen-bond donors (Lipinski definition) is 1. The van der Waals surface area contributed by atoms with Gasteiger partial charge in [0.1, 0.15) is 0 Å². The summed E-state index contributed by atoms with van der Waals surface area (Å²) in [6.07, 6.45) is -4.03. The minimum Gasteiger partial charge on any atom is -0.396 e. The summed E-state index contributed by atoms with van der Waals surface area (Å²) in [7, 11) is 0. The summed E-state index contributed by atoms with van der Waals surface area (Å²) in [6, 6.07) is 8.54. The molecule has 0 aliphatic heterocycles. The molecule has 0 spiro atoms. The fourth-order valence-electron chi connectivity index (χ4n) is 1.77. The van der Waals surface area contributed by atoms with E-state index in [1.807, 2.05) is 6.07 Å². The summed E-state index contributed by atoms with van der Waals surface area (Å²) in [5.41, 5.74) is 0.936. The lowest BCUT2D eigenvalue weighted by atomic mass is 10.1. The van der Waals surface area contributed by atoms with Crippen LogP contribution in [0.2, 0.25) is 0 Å². The molecular weight excluding hydrogens is 257 g/mol. The van der Waals surface area contributed by atoms with E-state index in [1.54, 1.807) is 24.3 Å². The Morgan fingerprint density at radius 1 is 1.26 bits per heavy atom. The Balaban J connectivity index is 2.79. The third kappa shape index (κ3) is 5.73. The topological polar surface area (TPSA) is 47.3 Å². The summed E-state index contributed by atoms with van der Waals surface area (Å²) >= 11 is 0. The summed E-state index contributed by atoms with van der Waals surface area (Å²) in [5.74, 6) is 0. The Morgan fingerprint density at radius 3 is 2.53 bits per heavy atom. The minimum absolute atomic E-state index is 0.0449. The molecule has 0 amide bonds. The van der Waals surface area contributed by atoms with Crippen LogP contribution in [0, 0.1) is 11.3 Å². The number of halogens is 3. The Bertz CT molecular complexity index is 440. The molecule has 0 heterocycles. The van der Waals surface area contributed by atoms with Crippen LogP contribution in [-0.4, -0.2) is 35.9 Å². The standard InChI is InChI=1S/C13H15F3N2O/c14-13(15,16)10-18(6-3-7-19)9-12-5-2-1-4-11(12)8-17/h1-2,4-5,19H,3,6-7,9-10H2. The van der Waals surface area contributed by atoms with E-state index in [-0.39, 0.29) is 26.1 Å². The van der Waals surface area contributed by atoms with Crippen LogP contribution in [0.5, 0.6) is 0 Å². The van der Waals surface area contributed by atoms with Crippen LogP contribution in [0.25, 0.3) is 0 Å². The van der Waals surface area contributed by atoms with E-state index >= 15 is 0 Å². The fourth-order valence-corrected chi connectivity index (χ4v) is 1.77. The fraction of sp³-hybridized carbons (Fsp3) is 0.462. The first-order chi connectivity index (χ1) is 8.96. The van der Waals surface area contributed by atoms with Crippen LogP contribution in [0.1, 0.15) is 17.5 Å². The first-order valence-corrected chi connectivity index (χ1v) is 5.84. The molecule has 3 nitrogen and oxygen atoms in total. The Hall–Kier alpha value is -1.58. The quantitative estimate of drug-likeness (QED) is 0.864. The molecule has 0 aliphatic carbocycles. The van der Waals surface area contributed by atoms with Crippen molar-refractivity contribution in [1.82, 2.24) is 4.90 Å². The molecule has 0 aromatic heterocycles. The molecule has 0 saturated heterocycles. The van der Waals surface area contributed by atoms with Crippen LogP contribution in [0.3, 0.4) is 0 Å². The van der Waals surface area contributed by atoms with Gasteiger partial charge in [0.05, 0.1) is 18.2 Å². The lowest BCUT2D eigenvalue weighted by Crippen LogP contribution is -2.35. The van der Waals surface area contributed by atoms with E-state index in [9.17, 15) is 13.2 Å². The number of nitriles is 1. The zero-order valence-electron chi connectivity index (χ0n) is 10.3. The molecule has 1 aromatic rings. The Kier molecular flexibility index (Phi) is 5.80. The van der Waals surface area contributed by atoms with Gasteiger partial charge in [-0.25, -0.2) is 0 Å². The Morgan fingerprint density at radius 2 is 1.95 bits per heavy atom. The van der Waals surface area contributed by atoms with E-state index in [0.29, 0.717) is 11.1 Å². The molecule has 1 N–H and O–H groups in total. The van der Waals surface area contributed by atoms with Crippen LogP contribution < -0.4 is 0 Å². The third-order valence-electron chi connectivity index (χ3n) is 2.57. The van der Waals surface area contributed by atoms with Gasteiger partial charge in [-0.1, -0.05) is 18.2 Å². The lowest BCUT2D eigenvalue weighted by molar-refractivity contribution is -0.147. The van der Waals surface area contributed by atoms with Crippen LogP contribution in [0.4, 0.5) is 13.2 Å². The highest BCUT2D eigenvalue weighted by molar-refractivity contribution is 5.37. The maximum Gasteiger partial charge on any atom is 0.401 e. The van der Waals surface area contributed by atoms with Gasteiger partial charge in [-0.15, -0.1) is 0 Å². The summed E-state index contributed by atoms with van der Waals surface area (Å²) in [6.45, 7) is -1.03. The molecule has 6 heteroatoms. The first-order valence-electron chi connectivity index (χ1n) is 5.84. The van der Waals surface area contributed by atoms with Crippen molar-refractivity contribution < 1.29 is 18.3 Å². The monoisotopic (exact) mass is 272 g/mol. The average Bonchev–Trinajstić information content (AvgIpc) is 2.35. The highest BCUT2D eigenvalue weighted by Crippen LogP contribution is 2.19. The van der Waals surface area contributed by atoms with Gasteiger partial charge in [0.25, 0.3) is 0 Å². The normalized spacial score (nSPS) is 11.6. The number of rotatable bonds is 6. The van der Waals surface area contributed by atoms with Gasteiger partial charge in [0.2, 0.25) is 0 Å². The van der Waals surface area contributed by atoms with Crippen LogP contribution in [0.15, 0.2) is 24.3 Å². The zero-order valence-corrected chi connectivity index (χ0v) is 10.3. The molecule has 0 fully saturated rings. The molecule has 0 atom stereocenters. The number of alkyl halides is 3. The molecule has 0 unspecified atom stereocenters. The van der Waals surface area contributed by atoms with E-state index in [4.69, 9.17) is 10.4 Å². The molecule has 1 rings (SSSR count). The van der Waals surface area contributed by atoms with E-state index in [2.05, 4.69) is 0 Å². The van der Waals surface area contributed by atoms with Gasteiger partial charge in [-0.05, 0) is 18.1 Å². The second-order valence-corrected chi connectivity index (χ2v) is 4.17. The average molecular weight is 272 g/mol. The second kappa shape index (κ2) is 7.12. The first kappa shape index (κ1) is 15.5. The van der Waals surface area contributed by atoms with Gasteiger partial charge in [-0.2, -0.15) is 18.4 Å². The van der Waals surface area contributed by atoms with Crippen molar-refractivity contribution in [2.24, 2.45) is 0 Å². The molecule has 104 valence electrons. The lowest BCUT2D eigenvalue weighted by Gasteiger charge is -2.23. The van der Waals surface area contributed by atoms with Crippen molar-refractivity contribution in [1.29, 1.82) is 5.26 Å². The smallest absolute Gasteiger partial charge is 0.396 e. The van der Waals surface area contributed by atoms with Crippen molar-refractivity contribution in [2.45, 2.75) is 19.1 Å². The molecule has 0 bridgehead atoms. The van der Waals surface area contributed by atoms with E-state index < -0.39 is 12.7 Å². The number of hydrogen-bond acceptors (Lipinski definition) is 3. The molecule has 0 radical (unpaired) electrons. The number of nitrogens with zero attached hydrogens (tertiary/aromatic N) is 2. The van der Waals surface area contributed by atoms with E-state index in [0.717, 1.165) is 0 Å². The molecule has 0 aliphatic rings.